The Labute approximate surface area is 159 Å². The molecule has 140 valence electrons. The van der Waals surface area contributed by atoms with E-state index in [9.17, 15) is 0 Å². The molecule has 7 nitrogen and oxygen atoms in total. The molecule has 3 rings (SSSR count). The number of rotatable bonds is 5. The van der Waals surface area contributed by atoms with Gasteiger partial charge in [0.15, 0.2) is 5.82 Å². The van der Waals surface area contributed by atoms with E-state index in [4.69, 9.17) is 11.6 Å². The fraction of sp³-hybridized carbons (Fsp3) is 0.444. The lowest BCUT2D eigenvalue weighted by molar-refractivity contribution is 0.687. The summed E-state index contributed by atoms with van der Waals surface area (Å²) in [4.78, 5) is 4.35. The molecule has 0 saturated carbocycles. The Morgan fingerprint density at radius 2 is 1.92 bits per heavy atom. The molecular formula is C18H26ClN7. The van der Waals surface area contributed by atoms with Crippen molar-refractivity contribution in [2.24, 2.45) is 20.0 Å². The second kappa shape index (κ2) is 8.80. The predicted molar refractivity (Wildman–Crippen MR) is 106 cm³/mol. The van der Waals surface area contributed by atoms with Gasteiger partial charge in [0.2, 0.25) is 0 Å². The number of hydrogen-bond donors (Lipinski definition) is 1. The molecule has 0 spiro atoms. The molecule has 3 heterocycles. The van der Waals surface area contributed by atoms with E-state index in [1.807, 2.05) is 49.3 Å². The summed E-state index contributed by atoms with van der Waals surface area (Å²) < 4.78 is 3.67. The molecule has 0 radical (unpaired) electrons. The molecule has 0 unspecified atom stereocenters. The number of nitrogens with one attached hydrogen (secondary N) is 1. The molecule has 26 heavy (non-hydrogen) atoms. The first-order chi connectivity index (χ1) is 12.5. The summed E-state index contributed by atoms with van der Waals surface area (Å²) in [5, 5.41) is 16.3. The zero-order valence-electron chi connectivity index (χ0n) is 16.2. The highest BCUT2D eigenvalue weighted by atomic mass is 35.5. The Morgan fingerprint density at radius 1 is 1.19 bits per heavy atom. The standard InChI is InChI=1S/C16H20ClN7.C2H6/c1-10(2)7-18-14-6-11(5-13(17)21-14)15-12(8-20-24(15)4)16-22-19-9-23(16)3;1-2/h5-6,8-10H,7H2,1-4H3,(H,18,21);1-2H3. The molecule has 8 heteroatoms. The molecule has 0 aliphatic carbocycles. The second-order valence-electron chi connectivity index (χ2n) is 6.13. The Hall–Kier alpha value is -2.41. The predicted octanol–water partition coefficient (Wildman–Crippen LogP) is 4.03. The van der Waals surface area contributed by atoms with Crippen molar-refractivity contribution in [3.8, 4) is 22.6 Å². The first-order valence-electron chi connectivity index (χ1n) is 8.74. The van der Waals surface area contributed by atoms with Gasteiger partial charge < -0.3 is 9.88 Å². The maximum absolute atomic E-state index is 6.23. The summed E-state index contributed by atoms with van der Waals surface area (Å²) in [5.41, 5.74) is 2.75. The van der Waals surface area contributed by atoms with E-state index in [-0.39, 0.29) is 0 Å². The van der Waals surface area contributed by atoms with Crippen molar-refractivity contribution >= 4 is 17.4 Å². The number of hydrogen-bond acceptors (Lipinski definition) is 5. The monoisotopic (exact) mass is 375 g/mol. The van der Waals surface area contributed by atoms with Crippen LogP contribution in [-0.2, 0) is 14.1 Å². The van der Waals surface area contributed by atoms with Crippen LogP contribution < -0.4 is 5.32 Å². The van der Waals surface area contributed by atoms with E-state index in [0.29, 0.717) is 11.1 Å². The van der Waals surface area contributed by atoms with Gasteiger partial charge in [-0.2, -0.15) is 5.10 Å². The normalized spacial score (nSPS) is 10.6. The minimum absolute atomic E-state index is 0.434. The van der Waals surface area contributed by atoms with Crippen LogP contribution in [0, 0.1) is 5.92 Å². The Bertz CT molecular complexity index is 851. The van der Waals surface area contributed by atoms with Crippen LogP contribution in [-0.4, -0.2) is 36.1 Å². The van der Waals surface area contributed by atoms with Gasteiger partial charge in [-0.15, -0.1) is 10.2 Å². The topological polar surface area (TPSA) is 73.5 Å². The third-order valence-corrected chi connectivity index (χ3v) is 3.84. The van der Waals surface area contributed by atoms with E-state index in [0.717, 1.165) is 35.0 Å². The average Bonchev–Trinajstić information content (AvgIpc) is 3.19. The number of anilines is 1. The van der Waals surface area contributed by atoms with Crippen LogP contribution in [0.3, 0.4) is 0 Å². The fourth-order valence-electron chi connectivity index (χ4n) is 2.50. The summed E-state index contributed by atoms with van der Waals surface area (Å²) in [7, 11) is 3.80. The van der Waals surface area contributed by atoms with Gasteiger partial charge >= 0.3 is 0 Å². The van der Waals surface area contributed by atoms with Crippen molar-refractivity contribution in [3.63, 3.8) is 0 Å². The largest absolute Gasteiger partial charge is 0.370 e. The lowest BCUT2D eigenvalue weighted by atomic mass is 10.1. The number of halogens is 1. The fourth-order valence-corrected chi connectivity index (χ4v) is 2.71. The van der Waals surface area contributed by atoms with Crippen molar-refractivity contribution in [1.82, 2.24) is 29.5 Å². The molecule has 0 fully saturated rings. The molecule has 0 bridgehead atoms. The van der Waals surface area contributed by atoms with Crippen LogP contribution in [0.5, 0.6) is 0 Å². The summed E-state index contributed by atoms with van der Waals surface area (Å²) in [6, 6.07) is 3.81. The molecular weight excluding hydrogens is 350 g/mol. The van der Waals surface area contributed by atoms with E-state index >= 15 is 0 Å². The molecule has 0 aliphatic rings. The van der Waals surface area contributed by atoms with Crippen LogP contribution >= 0.6 is 11.6 Å². The lowest BCUT2D eigenvalue weighted by Gasteiger charge is -2.11. The van der Waals surface area contributed by atoms with Crippen LogP contribution in [0.2, 0.25) is 5.15 Å². The Morgan fingerprint density at radius 3 is 2.54 bits per heavy atom. The Balaban J connectivity index is 0.00000117. The van der Waals surface area contributed by atoms with Crippen molar-refractivity contribution in [3.05, 3.63) is 29.8 Å². The first-order valence-corrected chi connectivity index (χ1v) is 9.11. The SMILES string of the molecule is CC.CC(C)CNc1cc(-c2c(-c3nncn3C)cnn2C)cc(Cl)n1. The van der Waals surface area contributed by atoms with Crippen molar-refractivity contribution < 1.29 is 0 Å². The minimum atomic E-state index is 0.434. The molecule has 0 amide bonds. The number of aromatic nitrogens is 6. The summed E-state index contributed by atoms with van der Waals surface area (Å²) in [6.07, 6.45) is 3.45. The third-order valence-electron chi connectivity index (χ3n) is 3.65. The number of aryl methyl sites for hydroxylation is 2. The highest BCUT2D eigenvalue weighted by Crippen LogP contribution is 2.32. The van der Waals surface area contributed by atoms with Gasteiger partial charge in [0, 0.05) is 26.2 Å². The average molecular weight is 376 g/mol. The molecule has 3 aromatic rings. The molecule has 0 saturated heterocycles. The third kappa shape index (κ3) is 4.40. The van der Waals surface area contributed by atoms with Gasteiger partial charge in [0.05, 0.1) is 17.5 Å². The zero-order chi connectivity index (χ0) is 19.3. The first kappa shape index (κ1) is 19.9. The van der Waals surface area contributed by atoms with Crippen molar-refractivity contribution in [1.29, 1.82) is 0 Å². The molecule has 3 aromatic heterocycles. The van der Waals surface area contributed by atoms with E-state index < -0.39 is 0 Å². The number of nitrogens with zero attached hydrogens (tertiary/aromatic N) is 6. The smallest absolute Gasteiger partial charge is 0.167 e. The minimum Gasteiger partial charge on any atom is -0.370 e. The van der Waals surface area contributed by atoms with Gasteiger partial charge in [0.1, 0.15) is 17.3 Å². The second-order valence-corrected chi connectivity index (χ2v) is 6.52. The van der Waals surface area contributed by atoms with Crippen LogP contribution in [0.1, 0.15) is 27.7 Å². The van der Waals surface area contributed by atoms with Crippen molar-refractivity contribution in [2.45, 2.75) is 27.7 Å². The van der Waals surface area contributed by atoms with Gasteiger partial charge in [0.25, 0.3) is 0 Å². The summed E-state index contributed by atoms with van der Waals surface area (Å²) >= 11 is 6.23. The highest BCUT2D eigenvalue weighted by Gasteiger charge is 2.18. The maximum atomic E-state index is 6.23. The summed E-state index contributed by atoms with van der Waals surface area (Å²) in [5.74, 6) is 2.01. The molecule has 0 atom stereocenters. The van der Waals surface area contributed by atoms with Gasteiger partial charge in [-0.3, -0.25) is 4.68 Å². The summed E-state index contributed by atoms with van der Waals surface area (Å²) in [6.45, 7) is 9.12. The van der Waals surface area contributed by atoms with E-state index in [2.05, 4.69) is 39.4 Å². The van der Waals surface area contributed by atoms with Crippen molar-refractivity contribution in [2.75, 3.05) is 11.9 Å². The van der Waals surface area contributed by atoms with E-state index in [1.165, 1.54) is 0 Å². The Kier molecular flexibility index (Phi) is 6.74. The maximum Gasteiger partial charge on any atom is 0.167 e. The van der Waals surface area contributed by atoms with Gasteiger partial charge in [-0.05, 0) is 18.1 Å². The van der Waals surface area contributed by atoms with Gasteiger partial charge in [-0.25, -0.2) is 4.98 Å². The quantitative estimate of drug-likeness (QED) is 0.681. The zero-order valence-corrected chi connectivity index (χ0v) is 16.9. The van der Waals surface area contributed by atoms with E-state index in [1.54, 1.807) is 12.5 Å². The van der Waals surface area contributed by atoms with Crippen LogP contribution in [0.25, 0.3) is 22.6 Å². The number of pyridine rings is 1. The molecule has 1 N–H and O–H groups in total. The van der Waals surface area contributed by atoms with Crippen LogP contribution in [0.4, 0.5) is 5.82 Å². The molecule has 0 aliphatic heterocycles. The highest BCUT2D eigenvalue weighted by molar-refractivity contribution is 6.29. The van der Waals surface area contributed by atoms with Gasteiger partial charge in [-0.1, -0.05) is 39.3 Å². The van der Waals surface area contributed by atoms with Crippen LogP contribution in [0.15, 0.2) is 24.7 Å². The molecule has 0 aromatic carbocycles. The lowest BCUT2D eigenvalue weighted by Crippen LogP contribution is -2.09.